The first-order valence-corrected chi connectivity index (χ1v) is 5.08. The molecule has 1 aliphatic heterocycles. The average Bonchev–Trinajstić information content (AvgIpc) is 2.89. The lowest BCUT2D eigenvalue weighted by Crippen LogP contribution is -1.98. The molecule has 3 rings (SSSR count). The first-order valence-electron chi connectivity index (χ1n) is 5.08. The SMILES string of the molecule is Cn1ncc(-c2c(O)ccc3c2OCO3)c1N. The number of phenolic OH excluding ortho intramolecular Hbond substituents is 1. The van der Waals surface area contributed by atoms with Gasteiger partial charge in [-0.05, 0) is 12.1 Å². The van der Waals surface area contributed by atoms with E-state index in [2.05, 4.69) is 5.10 Å². The van der Waals surface area contributed by atoms with Crippen LogP contribution in [0.4, 0.5) is 5.82 Å². The van der Waals surface area contributed by atoms with E-state index in [1.807, 2.05) is 0 Å². The van der Waals surface area contributed by atoms with E-state index in [0.717, 1.165) is 0 Å². The molecular formula is C11H11N3O3. The number of benzene rings is 1. The fourth-order valence-corrected chi connectivity index (χ4v) is 1.86. The Morgan fingerprint density at radius 2 is 2.24 bits per heavy atom. The number of aromatic nitrogens is 2. The van der Waals surface area contributed by atoms with Gasteiger partial charge in [0, 0.05) is 7.05 Å². The normalized spacial score (nSPS) is 13.0. The number of nitrogens with zero attached hydrogens (tertiary/aromatic N) is 2. The van der Waals surface area contributed by atoms with Crippen molar-refractivity contribution in [3.63, 3.8) is 0 Å². The summed E-state index contributed by atoms with van der Waals surface area (Å²) in [6, 6.07) is 3.21. The predicted octanol–water partition coefficient (Wildman–Crippen LogP) is 1.10. The highest BCUT2D eigenvalue weighted by Crippen LogP contribution is 2.47. The Labute approximate surface area is 97.2 Å². The standard InChI is InChI=1S/C11H11N3O3/c1-14-11(12)6(4-13-14)9-7(15)2-3-8-10(9)17-5-16-8/h2-4,15H,5,12H2,1H3. The van der Waals surface area contributed by atoms with E-state index >= 15 is 0 Å². The summed E-state index contributed by atoms with van der Waals surface area (Å²) in [5.41, 5.74) is 7.04. The van der Waals surface area contributed by atoms with Gasteiger partial charge >= 0.3 is 0 Å². The second-order valence-corrected chi connectivity index (χ2v) is 3.76. The minimum Gasteiger partial charge on any atom is -0.507 e. The summed E-state index contributed by atoms with van der Waals surface area (Å²) < 4.78 is 12.1. The van der Waals surface area contributed by atoms with Crippen molar-refractivity contribution in [2.75, 3.05) is 12.5 Å². The second-order valence-electron chi connectivity index (χ2n) is 3.76. The monoisotopic (exact) mass is 233 g/mol. The van der Waals surface area contributed by atoms with Crippen molar-refractivity contribution in [1.82, 2.24) is 9.78 Å². The zero-order valence-electron chi connectivity index (χ0n) is 9.17. The molecule has 0 radical (unpaired) electrons. The van der Waals surface area contributed by atoms with E-state index in [-0.39, 0.29) is 12.5 Å². The number of fused-ring (bicyclic) bond motifs is 1. The lowest BCUT2D eigenvalue weighted by molar-refractivity contribution is 0.174. The molecule has 0 aliphatic carbocycles. The smallest absolute Gasteiger partial charge is 0.231 e. The van der Waals surface area contributed by atoms with Crippen molar-refractivity contribution < 1.29 is 14.6 Å². The van der Waals surface area contributed by atoms with Gasteiger partial charge in [-0.15, -0.1) is 0 Å². The van der Waals surface area contributed by atoms with Gasteiger partial charge in [-0.1, -0.05) is 0 Å². The lowest BCUT2D eigenvalue weighted by atomic mass is 10.1. The molecule has 3 N–H and O–H groups in total. The van der Waals surface area contributed by atoms with E-state index in [4.69, 9.17) is 15.2 Å². The number of aryl methyl sites for hydroxylation is 1. The van der Waals surface area contributed by atoms with Crippen LogP contribution in [0, 0.1) is 0 Å². The van der Waals surface area contributed by atoms with Gasteiger partial charge in [0.05, 0.1) is 17.3 Å². The Hall–Kier alpha value is -2.37. The van der Waals surface area contributed by atoms with E-state index in [1.54, 1.807) is 25.4 Å². The van der Waals surface area contributed by atoms with Crippen LogP contribution in [0.2, 0.25) is 0 Å². The minimum absolute atomic E-state index is 0.0916. The van der Waals surface area contributed by atoms with E-state index < -0.39 is 0 Å². The zero-order valence-corrected chi connectivity index (χ0v) is 9.17. The van der Waals surface area contributed by atoms with E-state index in [9.17, 15) is 5.11 Å². The summed E-state index contributed by atoms with van der Waals surface area (Å²) in [6.45, 7) is 0.145. The number of ether oxygens (including phenoxy) is 2. The number of hydrogen-bond donors (Lipinski definition) is 2. The van der Waals surface area contributed by atoms with E-state index in [0.29, 0.717) is 28.4 Å². The molecule has 1 aliphatic rings. The van der Waals surface area contributed by atoms with Crippen LogP contribution in [0.25, 0.3) is 11.1 Å². The molecular weight excluding hydrogens is 222 g/mol. The Morgan fingerprint density at radius 1 is 1.41 bits per heavy atom. The molecule has 0 spiro atoms. The van der Waals surface area contributed by atoms with Crippen LogP contribution in [0.1, 0.15) is 0 Å². The summed E-state index contributed by atoms with van der Waals surface area (Å²) in [7, 11) is 1.73. The number of phenols is 1. The van der Waals surface area contributed by atoms with E-state index in [1.165, 1.54) is 4.68 Å². The molecule has 0 fully saturated rings. The van der Waals surface area contributed by atoms with Gasteiger partial charge in [0.15, 0.2) is 11.5 Å². The summed E-state index contributed by atoms with van der Waals surface area (Å²) in [6.07, 6.45) is 1.59. The molecule has 0 saturated heterocycles. The Bertz CT molecular complexity index is 592. The van der Waals surface area contributed by atoms with Gasteiger partial charge in [-0.3, -0.25) is 4.68 Å². The first-order chi connectivity index (χ1) is 8.18. The average molecular weight is 233 g/mol. The molecule has 2 heterocycles. The van der Waals surface area contributed by atoms with Crippen molar-refractivity contribution in [2.45, 2.75) is 0 Å². The van der Waals surface area contributed by atoms with Crippen LogP contribution in [-0.4, -0.2) is 21.7 Å². The number of aromatic hydroxyl groups is 1. The summed E-state index contributed by atoms with van der Waals surface area (Å²) in [4.78, 5) is 0. The Kier molecular flexibility index (Phi) is 1.91. The molecule has 88 valence electrons. The fraction of sp³-hybridized carbons (Fsp3) is 0.182. The molecule has 0 bridgehead atoms. The van der Waals surface area contributed by atoms with Gasteiger partial charge in [0.25, 0.3) is 0 Å². The van der Waals surface area contributed by atoms with Crippen LogP contribution in [0.5, 0.6) is 17.2 Å². The number of hydrogen-bond acceptors (Lipinski definition) is 5. The third-order valence-corrected chi connectivity index (χ3v) is 2.77. The van der Waals surface area contributed by atoms with Gasteiger partial charge in [-0.25, -0.2) is 0 Å². The summed E-state index contributed by atoms with van der Waals surface area (Å²) in [5, 5.41) is 14.0. The van der Waals surface area contributed by atoms with Gasteiger partial charge in [0.1, 0.15) is 11.6 Å². The lowest BCUT2D eigenvalue weighted by Gasteiger charge is -2.07. The summed E-state index contributed by atoms with van der Waals surface area (Å²) >= 11 is 0. The maximum absolute atomic E-state index is 9.93. The third-order valence-electron chi connectivity index (χ3n) is 2.77. The molecule has 0 unspecified atom stereocenters. The maximum atomic E-state index is 9.93. The molecule has 1 aromatic heterocycles. The highest BCUT2D eigenvalue weighted by molar-refractivity contribution is 5.85. The number of anilines is 1. The predicted molar refractivity (Wildman–Crippen MR) is 60.8 cm³/mol. The van der Waals surface area contributed by atoms with Crippen LogP contribution < -0.4 is 15.2 Å². The van der Waals surface area contributed by atoms with Crippen molar-refractivity contribution >= 4 is 5.82 Å². The minimum atomic E-state index is 0.0916. The van der Waals surface area contributed by atoms with Crippen LogP contribution in [-0.2, 0) is 7.05 Å². The highest BCUT2D eigenvalue weighted by atomic mass is 16.7. The molecule has 0 amide bonds. The summed E-state index contributed by atoms with van der Waals surface area (Å²) in [5.74, 6) is 1.66. The van der Waals surface area contributed by atoms with Gasteiger partial charge < -0.3 is 20.3 Å². The largest absolute Gasteiger partial charge is 0.507 e. The highest BCUT2D eigenvalue weighted by Gasteiger charge is 2.24. The van der Waals surface area contributed by atoms with Crippen molar-refractivity contribution in [2.24, 2.45) is 7.05 Å². The topological polar surface area (TPSA) is 82.5 Å². The third kappa shape index (κ3) is 1.30. The first kappa shape index (κ1) is 9.83. The molecule has 1 aromatic carbocycles. The Morgan fingerprint density at radius 3 is 2.94 bits per heavy atom. The van der Waals surface area contributed by atoms with Crippen molar-refractivity contribution in [3.05, 3.63) is 18.3 Å². The molecule has 17 heavy (non-hydrogen) atoms. The van der Waals surface area contributed by atoms with Gasteiger partial charge in [-0.2, -0.15) is 5.10 Å². The van der Waals surface area contributed by atoms with Crippen LogP contribution in [0.3, 0.4) is 0 Å². The number of rotatable bonds is 1. The Balaban J connectivity index is 2.27. The van der Waals surface area contributed by atoms with Crippen molar-refractivity contribution in [3.8, 4) is 28.4 Å². The molecule has 0 atom stereocenters. The maximum Gasteiger partial charge on any atom is 0.231 e. The van der Waals surface area contributed by atoms with Crippen molar-refractivity contribution in [1.29, 1.82) is 0 Å². The molecule has 6 nitrogen and oxygen atoms in total. The van der Waals surface area contributed by atoms with Gasteiger partial charge in [0.2, 0.25) is 6.79 Å². The van der Waals surface area contributed by atoms with Crippen LogP contribution in [0.15, 0.2) is 18.3 Å². The number of nitrogen functional groups attached to an aromatic ring is 1. The molecule has 2 aromatic rings. The zero-order chi connectivity index (χ0) is 12.0. The second kappa shape index (κ2) is 3.31. The fourth-order valence-electron chi connectivity index (χ4n) is 1.86. The quantitative estimate of drug-likeness (QED) is 0.770. The van der Waals surface area contributed by atoms with Crippen LogP contribution >= 0.6 is 0 Å². The number of nitrogens with two attached hydrogens (primary N) is 1. The molecule has 6 heteroatoms. The molecule has 0 saturated carbocycles.